The number of hydrogen-bond acceptors (Lipinski definition) is 5. The topological polar surface area (TPSA) is 114 Å². The van der Waals surface area contributed by atoms with Crippen LogP contribution < -0.4 is 10.6 Å². The van der Waals surface area contributed by atoms with Crippen LogP contribution in [0.15, 0.2) is 48.5 Å². The molecule has 1 unspecified atom stereocenters. The molecular formula is C26H32N2O6. The van der Waals surface area contributed by atoms with E-state index in [-0.39, 0.29) is 43.9 Å². The molecule has 0 aromatic heterocycles. The molecule has 0 heterocycles. The summed E-state index contributed by atoms with van der Waals surface area (Å²) >= 11 is 0. The third kappa shape index (κ3) is 6.35. The van der Waals surface area contributed by atoms with E-state index in [4.69, 9.17) is 14.6 Å². The molecule has 0 fully saturated rings. The van der Waals surface area contributed by atoms with E-state index >= 15 is 0 Å². The third-order valence-electron chi connectivity index (χ3n) is 6.02. The maximum atomic E-state index is 12.6. The molecule has 0 saturated carbocycles. The van der Waals surface area contributed by atoms with Crippen LogP contribution in [-0.2, 0) is 19.1 Å². The number of carbonyl (C=O) groups is 3. The molecule has 3 rings (SSSR count). The van der Waals surface area contributed by atoms with Crippen LogP contribution in [-0.4, -0.2) is 55.5 Å². The Kier molecular flexibility index (Phi) is 9.04. The molecule has 2 atom stereocenters. The number of aliphatic carboxylic acids is 1. The van der Waals surface area contributed by atoms with Crippen LogP contribution in [0, 0.1) is 0 Å². The Morgan fingerprint density at radius 2 is 1.62 bits per heavy atom. The van der Waals surface area contributed by atoms with Gasteiger partial charge in [-0.25, -0.2) is 9.59 Å². The Labute approximate surface area is 199 Å². The van der Waals surface area contributed by atoms with E-state index in [9.17, 15) is 14.4 Å². The van der Waals surface area contributed by atoms with Gasteiger partial charge < -0.3 is 25.2 Å². The van der Waals surface area contributed by atoms with Gasteiger partial charge in [-0.1, -0.05) is 61.9 Å². The zero-order chi connectivity index (χ0) is 24.5. The average molecular weight is 469 g/mol. The highest BCUT2D eigenvalue weighted by atomic mass is 16.5. The van der Waals surface area contributed by atoms with Gasteiger partial charge in [-0.3, -0.25) is 4.79 Å². The summed E-state index contributed by atoms with van der Waals surface area (Å²) in [5.74, 6) is -1.37. The molecule has 0 aliphatic heterocycles. The number of methoxy groups -OCH3 is 1. The quantitative estimate of drug-likeness (QED) is 0.438. The number of alkyl carbamates (subject to hydrolysis) is 1. The summed E-state index contributed by atoms with van der Waals surface area (Å²) in [6.45, 7) is 2.35. The molecular weight excluding hydrogens is 436 g/mol. The summed E-state index contributed by atoms with van der Waals surface area (Å²) in [7, 11) is 1.32. The molecule has 3 N–H and O–H groups in total. The van der Waals surface area contributed by atoms with Crippen LogP contribution in [0.3, 0.4) is 0 Å². The summed E-state index contributed by atoms with van der Waals surface area (Å²) in [5, 5.41) is 14.5. The second-order valence-corrected chi connectivity index (χ2v) is 8.36. The molecule has 34 heavy (non-hydrogen) atoms. The van der Waals surface area contributed by atoms with Crippen molar-refractivity contribution < 1.29 is 29.0 Å². The number of fused-ring (bicyclic) bond motifs is 3. The molecule has 0 radical (unpaired) electrons. The second-order valence-electron chi connectivity index (χ2n) is 8.36. The van der Waals surface area contributed by atoms with Gasteiger partial charge in [0, 0.05) is 38.5 Å². The molecule has 2 aromatic carbocycles. The fraction of sp³-hybridized carbons (Fsp3) is 0.423. The molecule has 0 saturated heterocycles. The van der Waals surface area contributed by atoms with Gasteiger partial charge >= 0.3 is 12.1 Å². The number of carbonyl (C=O) groups excluding carboxylic acids is 2. The van der Waals surface area contributed by atoms with Crippen molar-refractivity contribution in [3.63, 3.8) is 0 Å². The van der Waals surface area contributed by atoms with Gasteiger partial charge in [-0.05, 0) is 28.7 Å². The minimum absolute atomic E-state index is 0.0333. The highest BCUT2D eigenvalue weighted by Gasteiger charge is 2.29. The van der Waals surface area contributed by atoms with Crippen molar-refractivity contribution in [3.8, 4) is 11.1 Å². The number of amides is 2. The number of benzene rings is 2. The molecule has 1 aliphatic carbocycles. The van der Waals surface area contributed by atoms with Crippen molar-refractivity contribution in [2.45, 2.75) is 50.7 Å². The van der Waals surface area contributed by atoms with Crippen LogP contribution in [0.25, 0.3) is 11.1 Å². The first-order valence-corrected chi connectivity index (χ1v) is 11.6. The van der Waals surface area contributed by atoms with Crippen LogP contribution in [0.1, 0.15) is 49.7 Å². The average Bonchev–Trinajstić information content (AvgIpc) is 3.14. The van der Waals surface area contributed by atoms with Crippen molar-refractivity contribution >= 4 is 18.0 Å². The minimum Gasteiger partial charge on any atom is -0.479 e. The smallest absolute Gasteiger partial charge is 0.407 e. The zero-order valence-electron chi connectivity index (χ0n) is 19.6. The lowest BCUT2D eigenvalue weighted by atomic mass is 9.98. The Morgan fingerprint density at radius 3 is 2.18 bits per heavy atom. The van der Waals surface area contributed by atoms with Gasteiger partial charge in [0.05, 0.1) is 0 Å². The first-order chi connectivity index (χ1) is 16.4. The van der Waals surface area contributed by atoms with Crippen molar-refractivity contribution in [2.24, 2.45) is 0 Å². The van der Waals surface area contributed by atoms with Gasteiger partial charge in [-0.15, -0.1) is 0 Å². The summed E-state index contributed by atoms with van der Waals surface area (Å²) in [6.07, 6.45) is 0.127. The second kappa shape index (κ2) is 12.2. The van der Waals surface area contributed by atoms with Crippen LogP contribution in [0.4, 0.5) is 4.79 Å². The predicted octanol–water partition coefficient (Wildman–Crippen LogP) is 3.69. The molecule has 182 valence electrons. The van der Waals surface area contributed by atoms with Crippen LogP contribution in [0.5, 0.6) is 0 Å². The number of carboxylic acids is 1. The highest BCUT2D eigenvalue weighted by molar-refractivity contribution is 5.79. The van der Waals surface area contributed by atoms with E-state index in [1.807, 2.05) is 31.2 Å². The maximum absolute atomic E-state index is 12.6. The fourth-order valence-electron chi connectivity index (χ4n) is 4.36. The van der Waals surface area contributed by atoms with Gasteiger partial charge in [0.25, 0.3) is 0 Å². The number of rotatable bonds is 12. The Bertz CT molecular complexity index is 963. The Morgan fingerprint density at radius 1 is 1.00 bits per heavy atom. The van der Waals surface area contributed by atoms with E-state index in [0.717, 1.165) is 28.7 Å². The predicted molar refractivity (Wildman–Crippen MR) is 128 cm³/mol. The van der Waals surface area contributed by atoms with Crippen molar-refractivity contribution in [1.82, 2.24) is 10.6 Å². The number of nitrogens with one attached hydrogen (secondary N) is 2. The van der Waals surface area contributed by atoms with E-state index in [2.05, 4.69) is 34.9 Å². The van der Waals surface area contributed by atoms with Gasteiger partial charge in [0.2, 0.25) is 5.91 Å². The van der Waals surface area contributed by atoms with Crippen molar-refractivity contribution in [3.05, 3.63) is 59.7 Å². The molecule has 2 amide bonds. The molecule has 2 aromatic rings. The SMILES string of the molecule is CCC[C@@H](CC(=O)NCCC(OC)C(=O)O)NC(=O)OCC1c2ccccc2-c2ccccc21. The van der Waals surface area contributed by atoms with E-state index in [1.165, 1.54) is 7.11 Å². The normalized spacial score (nSPS) is 13.9. The number of hydrogen-bond donors (Lipinski definition) is 3. The Hall–Kier alpha value is -3.39. The lowest BCUT2D eigenvalue weighted by molar-refractivity contribution is -0.149. The fourth-order valence-corrected chi connectivity index (χ4v) is 4.36. The summed E-state index contributed by atoms with van der Waals surface area (Å²) in [4.78, 5) is 35.8. The first-order valence-electron chi connectivity index (χ1n) is 11.6. The van der Waals surface area contributed by atoms with Gasteiger partial charge in [0.1, 0.15) is 6.61 Å². The third-order valence-corrected chi connectivity index (χ3v) is 6.02. The van der Waals surface area contributed by atoms with Crippen LogP contribution in [0.2, 0.25) is 0 Å². The van der Waals surface area contributed by atoms with Crippen molar-refractivity contribution in [2.75, 3.05) is 20.3 Å². The minimum atomic E-state index is -1.07. The summed E-state index contributed by atoms with van der Waals surface area (Å²) in [5.41, 5.74) is 4.59. The standard InChI is InChI=1S/C26H32N2O6/c1-3-8-17(15-24(29)27-14-13-23(33-2)25(30)31)28-26(32)34-16-22-20-11-6-4-9-18(20)19-10-5-7-12-21(19)22/h4-7,9-12,17,22-23H,3,8,13-16H2,1-2H3,(H,27,29)(H,28,32)(H,30,31)/t17-,23?/m0/s1. The summed E-state index contributed by atoms with van der Waals surface area (Å²) < 4.78 is 10.4. The Balaban J connectivity index is 1.51. The zero-order valence-corrected chi connectivity index (χ0v) is 19.6. The van der Waals surface area contributed by atoms with E-state index in [1.54, 1.807) is 0 Å². The van der Waals surface area contributed by atoms with Gasteiger partial charge in [-0.2, -0.15) is 0 Å². The first kappa shape index (κ1) is 25.2. The van der Waals surface area contributed by atoms with E-state index < -0.39 is 18.2 Å². The van der Waals surface area contributed by atoms with Gasteiger partial charge in [0.15, 0.2) is 6.10 Å². The number of carboxylic acid groups (broad SMARTS) is 1. The molecule has 8 heteroatoms. The van der Waals surface area contributed by atoms with Crippen molar-refractivity contribution in [1.29, 1.82) is 0 Å². The highest BCUT2D eigenvalue weighted by Crippen LogP contribution is 2.44. The lowest BCUT2D eigenvalue weighted by Gasteiger charge is -2.19. The number of ether oxygens (including phenoxy) is 2. The molecule has 0 bridgehead atoms. The van der Waals surface area contributed by atoms with E-state index in [0.29, 0.717) is 6.42 Å². The van der Waals surface area contributed by atoms with Crippen LogP contribution >= 0.6 is 0 Å². The molecule has 1 aliphatic rings. The summed E-state index contributed by atoms with van der Waals surface area (Å²) in [6, 6.07) is 15.9. The molecule has 0 spiro atoms. The largest absolute Gasteiger partial charge is 0.479 e. The maximum Gasteiger partial charge on any atom is 0.407 e. The molecule has 8 nitrogen and oxygen atoms in total. The lowest BCUT2D eigenvalue weighted by Crippen LogP contribution is -2.40. The monoisotopic (exact) mass is 468 g/mol.